The molecular weight excluding hydrogens is 342 g/mol. The van der Waals surface area contributed by atoms with Crippen molar-refractivity contribution in [2.24, 2.45) is 0 Å². The van der Waals surface area contributed by atoms with E-state index in [2.05, 4.69) is 10.6 Å². The van der Waals surface area contributed by atoms with Gasteiger partial charge in [0.05, 0.1) is 14.2 Å². The molecule has 2 rings (SSSR count). The van der Waals surface area contributed by atoms with Crippen LogP contribution >= 0.6 is 0 Å². The van der Waals surface area contributed by atoms with Crippen LogP contribution in [0.5, 0.6) is 5.75 Å². The number of amides is 2. The number of rotatable bonds is 7. The molecule has 3 N–H and O–H groups in total. The van der Waals surface area contributed by atoms with Gasteiger partial charge in [-0.1, -0.05) is 23.8 Å². The molecule has 0 aromatic heterocycles. The lowest BCUT2D eigenvalue weighted by Crippen LogP contribution is -3.11. The Bertz CT molecular complexity index is 810. The Balaban J connectivity index is 1.88. The van der Waals surface area contributed by atoms with Gasteiger partial charge < -0.3 is 20.3 Å². The van der Waals surface area contributed by atoms with Crippen LogP contribution in [-0.2, 0) is 9.59 Å². The maximum Gasteiger partial charge on any atom is 0.279 e. The Labute approximate surface area is 160 Å². The number of ether oxygens (including phenoxy) is 1. The van der Waals surface area contributed by atoms with Crippen molar-refractivity contribution >= 4 is 23.2 Å². The number of hydrogen-bond donors (Lipinski definition) is 3. The van der Waals surface area contributed by atoms with Crippen molar-refractivity contribution in [2.45, 2.75) is 20.8 Å². The number of carbonyl (C=O) groups is 2. The summed E-state index contributed by atoms with van der Waals surface area (Å²) in [4.78, 5) is 25.4. The first-order valence-corrected chi connectivity index (χ1v) is 8.91. The Hall–Kier alpha value is -2.86. The Kier molecular flexibility index (Phi) is 6.96. The average molecular weight is 370 g/mol. The summed E-state index contributed by atoms with van der Waals surface area (Å²) < 4.78 is 5.14. The van der Waals surface area contributed by atoms with Crippen LogP contribution in [0.25, 0.3) is 0 Å². The Morgan fingerprint density at radius 1 is 0.963 bits per heavy atom. The minimum atomic E-state index is -0.156. The smallest absolute Gasteiger partial charge is 0.279 e. The van der Waals surface area contributed by atoms with Gasteiger partial charge in [-0.25, -0.2) is 0 Å². The molecule has 2 amide bonds. The van der Waals surface area contributed by atoms with Gasteiger partial charge in [0.1, 0.15) is 5.75 Å². The van der Waals surface area contributed by atoms with E-state index < -0.39 is 0 Å². The number of anilines is 2. The standard InChI is InChI=1S/C21H27N3O3/c1-14-9-15(2)21(16(3)10-14)23-20(26)13-24(4)12-19(25)22-17-7-6-8-18(11-17)27-5/h6-11H,12-13H2,1-5H3,(H,22,25)(H,23,26)/p+1. The third-order valence-electron chi connectivity index (χ3n) is 4.22. The van der Waals surface area contributed by atoms with Gasteiger partial charge in [-0.3, -0.25) is 9.59 Å². The molecule has 0 saturated heterocycles. The monoisotopic (exact) mass is 370 g/mol. The van der Waals surface area contributed by atoms with Crippen molar-refractivity contribution in [3.8, 4) is 5.75 Å². The number of aryl methyl sites for hydroxylation is 3. The molecule has 1 unspecified atom stereocenters. The molecule has 0 fully saturated rings. The molecule has 27 heavy (non-hydrogen) atoms. The minimum Gasteiger partial charge on any atom is -0.497 e. The maximum absolute atomic E-state index is 12.4. The highest BCUT2D eigenvalue weighted by Gasteiger charge is 2.16. The van der Waals surface area contributed by atoms with Gasteiger partial charge in [0.25, 0.3) is 11.8 Å². The van der Waals surface area contributed by atoms with Crippen molar-refractivity contribution in [3.63, 3.8) is 0 Å². The Morgan fingerprint density at radius 2 is 1.56 bits per heavy atom. The normalized spacial score (nSPS) is 11.6. The zero-order chi connectivity index (χ0) is 20.0. The van der Waals surface area contributed by atoms with E-state index in [1.165, 1.54) is 5.56 Å². The summed E-state index contributed by atoms with van der Waals surface area (Å²) in [6, 6.07) is 11.3. The van der Waals surface area contributed by atoms with Crippen LogP contribution in [0.15, 0.2) is 36.4 Å². The van der Waals surface area contributed by atoms with Gasteiger partial charge in [-0.2, -0.15) is 0 Å². The van der Waals surface area contributed by atoms with E-state index in [0.717, 1.165) is 21.7 Å². The van der Waals surface area contributed by atoms with Gasteiger partial charge >= 0.3 is 0 Å². The lowest BCUT2D eigenvalue weighted by molar-refractivity contribution is -0.862. The summed E-state index contributed by atoms with van der Waals surface area (Å²) in [6.45, 7) is 6.39. The predicted molar refractivity (Wildman–Crippen MR) is 108 cm³/mol. The van der Waals surface area contributed by atoms with Gasteiger partial charge in [-0.05, 0) is 44.0 Å². The second-order valence-corrected chi connectivity index (χ2v) is 6.91. The third-order valence-corrected chi connectivity index (χ3v) is 4.22. The van der Waals surface area contributed by atoms with Gasteiger partial charge in [-0.15, -0.1) is 0 Å². The van der Waals surface area contributed by atoms with Gasteiger partial charge in [0.2, 0.25) is 0 Å². The van der Waals surface area contributed by atoms with Crippen LogP contribution in [0.2, 0.25) is 0 Å². The molecular formula is C21H28N3O3+. The molecule has 0 aliphatic rings. The summed E-state index contributed by atoms with van der Waals surface area (Å²) in [5.74, 6) is 0.407. The second kappa shape index (κ2) is 9.19. The number of methoxy groups -OCH3 is 1. The molecule has 0 heterocycles. The molecule has 144 valence electrons. The van der Waals surface area contributed by atoms with Crippen molar-refractivity contribution in [3.05, 3.63) is 53.1 Å². The van der Waals surface area contributed by atoms with Crippen molar-refractivity contribution < 1.29 is 19.2 Å². The van der Waals surface area contributed by atoms with E-state index in [9.17, 15) is 9.59 Å². The maximum atomic E-state index is 12.4. The summed E-state index contributed by atoms with van der Waals surface area (Å²) in [5.41, 5.74) is 4.75. The quantitative estimate of drug-likeness (QED) is 0.695. The highest BCUT2D eigenvalue weighted by molar-refractivity contribution is 5.94. The number of quaternary nitrogens is 1. The Morgan fingerprint density at radius 3 is 2.15 bits per heavy atom. The van der Waals surface area contributed by atoms with Gasteiger partial charge in [0.15, 0.2) is 13.1 Å². The number of carbonyl (C=O) groups excluding carboxylic acids is 2. The van der Waals surface area contributed by atoms with Crippen LogP contribution < -0.4 is 20.3 Å². The highest BCUT2D eigenvalue weighted by Crippen LogP contribution is 2.21. The molecule has 0 aliphatic carbocycles. The molecule has 0 aliphatic heterocycles. The first kappa shape index (κ1) is 20.5. The second-order valence-electron chi connectivity index (χ2n) is 6.91. The summed E-state index contributed by atoms with van der Waals surface area (Å²) in [5, 5.41) is 5.79. The van der Waals surface area contributed by atoms with Crippen molar-refractivity contribution in [1.29, 1.82) is 0 Å². The molecule has 2 aromatic rings. The SMILES string of the molecule is COc1cccc(NC(=O)C[NH+](C)CC(=O)Nc2c(C)cc(C)cc2C)c1. The van der Waals surface area contributed by atoms with E-state index in [4.69, 9.17) is 4.74 Å². The molecule has 2 aromatic carbocycles. The first-order valence-electron chi connectivity index (χ1n) is 8.91. The van der Waals surface area contributed by atoms with E-state index in [1.54, 1.807) is 19.2 Å². The topological polar surface area (TPSA) is 71.9 Å². The number of likely N-dealkylation sites (N-methyl/N-ethyl adjacent to an activating group) is 1. The molecule has 0 radical (unpaired) electrons. The summed E-state index contributed by atoms with van der Waals surface area (Å²) in [7, 11) is 3.40. The third kappa shape index (κ3) is 6.11. The van der Waals surface area contributed by atoms with Crippen molar-refractivity contribution in [1.82, 2.24) is 0 Å². The molecule has 6 nitrogen and oxygen atoms in total. The van der Waals surface area contributed by atoms with E-state index >= 15 is 0 Å². The van der Waals surface area contributed by atoms with Gasteiger partial charge in [0, 0.05) is 17.4 Å². The van der Waals surface area contributed by atoms with Crippen LogP contribution in [-0.4, -0.2) is 39.1 Å². The van der Waals surface area contributed by atoms with Crippen LogP contribution in [0.4, 0.5) is 11.4 Å². The summed E-state index contributed by atoms with van der Waals surface area (Å²) >= 11 is 0. The zero-order valence-electron chi connectivity index (χ0n) is 16.6. The van der Waals surface area contributed by atoms with Crippen LogP contribution in [0.1, 0.15) is 16.7 Å². The molecule has 0 bridgehead atoms. The average Bonchev–Trinajstić information content (AvgIpc) is 2.57. The van der Waals surface area contributed by atoms with E-state index in [0.29, 0.717) is 11.4 Å². The number of hydrogen-bond acceptors (Lipinski definition) is 3. The zero-order valence-corrected chi connectivity index (χ0v) is 16.6. The molecule has 0 spiro atoms. The number of benzene rings is 2. The largest absolute Gasteiger partial charge is 0.497 e. The fraction of sp³-hybridized carbons (Fsp3) is 0.333. The predicted octanol–water partition coefficient (Wildman–Crippen LogP) is 1.71. The lowest BCUT2D eigenvalue weighted by atomic mass is 10.1. The van der Waals surface area contributed by atoms with Crippen molar-refractivity contribution in [2.75, 3.05) is 37.9 Å². The van der Waals surface area contributed by atoms with Crippen LogP contribution in [0.3, 0.4) is 0 Å². The fourth-order valence-electron chi connectivity index (χ4n) is 3.08. The molecule has 6 heteroatoms. The summed E-state index contributed by atoms with van der Waals surface area (Å²) in [6.07, 6.45) is 0. The minimum absolute atomic E-state index is 0.114. The molecule has 0 saturated carbocycles. The van der Waals surface area contributed by atoms with Crippen LogP contribution in [0, 0.1) is 20.8 Å². The highest BCUT2D eigenvalue weighted by atomic mass is 16.5. The van der Waals surface area contributed by atoms with E-state index in [-0.39, 0.29) is 24.9 Å². The van der Waals surface area contributed by atoms with E-state index in [1.807, 2.05) is 52.1 Å². The first-order chi connectivity index (χ1) is 12.8. The molecule has 1 atom stereocenters. The lowest BCUT2D eigenvalue weighted by Gasteiger charge is -2.16. The fourth-order valence-corrected chi connectivity index (χ4v) is 3.08. The number of nitrogens with one attached hydrogen (secondary N) is 3.